The van der Waals surface area contributed by atoms with Crippen molar-refractivity contribution in [1.82, 2.24) is 9.97 Å². The molecule has 0 saturated heterocycles. The molecule has 0 saturated carbocycles. The maximum absolute atomic E-state index is 8.22. The molecule has 5 nitrogen and oxygen atoms in total. The second-order valence-electron chi connectivity index (χ2n) is 2.46. The molecule has 0 aliphatic heterocycles. The molecule has 62 valence electrons. The van der Waals surface area contributed by atoms with Crippen molar-refractivity contribution >= 4 is 16.6 Å². The van der Waals surface area contributed by atoms with Crippen LogP contribution in [-0.4, -0.2) is 9.97 Å². The molecular weight excluding hydrogens is 166 g/mol. The normalized spacial score (nSPS) is 9.54. The van der Waals surface area contributed by atoms with Crippen molar-refractivity contribution in [2.75, 3.05) is 0 Å². The maximum atomic E-state index is 8.22. The molecule has 0 aliphatic rings. The molecular formula is C8H5N5. The number of rotatable bonds is 1. The van der Waals surface area contributed by atoms with Crippen molar-refractivity contribution in [1.29, 1.82) is 0 Å². The van der Waals surface area contributed by atoms with Gasteiger partial charge in [-0.15, -0.1) is 0 Å². The lowest BCUT2D eigenvalue weighted by Crippen LogP contribution is -1.78. The molecule has 13 heavy (non-hydrogen) atoms. The Labute approximate surface area is 73.7 Å². The van der Waals surface area contributed by atoms with Crippen LogP contribution >= 0.6 is 0 Å². The van der Waals surface area contributed by atoms with Crippen LogP contribution in [0.5, 0.6) is 0 Å². The minimum absolute atomic E-state index is 0.574. The van der Waals surface area contributed by atoms with E-state index in [1.807, 2.05) is 0 Å². The van der Waals surface area contributed by atoms with Crippen LogP contribution in [0.4, 0.5) is 5.69 Å². The predicted octanol–water partition coefficient (Wildman–Crippen LogP) is 2.57. The quantitative estimate of drug-likeness (QED) is 0.375. The Hall–Kier alpha value is -2.13. The first-order chi connectivity index (χ1) is 6.40. The number of fused-ring (bicyclic) bond motifs is 1. The number of benzene rings is 1. The van der Waals surface area contributed by atoms with Crippen LogP contribution in [0.15, 0.2) is 35.8 Å². The molecule has 0 N–H and O–H groups in total. The number of azide groups is 1. The van der Waals surface area contributed by atoms with Gasteiger partial charge in [-0.3, -0.25) is 0 Å². The van der Waals surface area contributed by atoms with Gasteiger partial charge in [-0.05, 0) is 17.7 Å². The largest absolute Gasteiger partial charge is 0.244 e. The van der Waals surface area contributed by atoms with Gasteiger partial charge < -0.3 is 0 Å². The van der Waals surface area contributed by atoms with Crippen LogP contribution in [0.25, 0.3) is 21.3 Å². The van der Waals surface area contributed by atoms with Crippen molar-refractivity contribution in [3.8, 4) is 0 Å². The predicted molar refractivity (Wildman–Crippen MR) is 48.3 cm³/mol. The molecule has 2 aromatic rings. The Kier molecular flexibility index (Phi) is 1.78. The van der Waals surface area contributed by atoms with Crippen LogP contribution in [-0.2, 0) is 0 Å². The lowest BCUT2D eigenvalue weighted by atomic mass is 10.2. The summed E-state index contributed by atoms with van der Waals surface area (Å²) in [7, 11) is 0. The summed E-state index contributed by atoms with van der Waals surface area (Å²) in [4.78, 5) is 10.6. The third-order valence-corrected chi connectivity index (χ3v) is 1.65. The highest BCUT2D eigenvalue weighted by Crippen LogP contribution is 2.18. The summed E-state index contributed by atoms with van der Waals surface area (Å²) in [6.07, 6.45) is 3.16. The van der Waals surface area contributed by atoms with Crippen LogP contribution in [0, 0.1) is 0 Å². The Morgan fingerprint density at radius 2 is 2.31 bits per heavy atom. The van der Waals surface area contributed by atoms with Crippen molar-refractivity contribution in [3.63, 3.8) is 0 Å². The van der Waals surface area contributed by atoms with E-state index in [-0.39, 0.29) is 0 Å². The van der Waals surface area contributed by atoms with Crippen molar-refractivity contribution in [3.05, 3.63) is 41.2 Å². The van der Waals surface area contributed by atoms with Gasteiger partial charge in [-0.2, -0.15) is 0 Å². The lowest BCUT2D eigenvalue weighted by Gasteiger charge is -1.95. The average Bonchev–Trinajstić information content (AvgIpc) is 2.18. The van der Waals surface area contributed by atoms with Gasteiger partial charge in [0.2, 0.25) is 0 Å². The highest BCUT2D eigenvalue weighted by atomic mass is 15.1. The molecule has 0 fully saturated rings. The monoisotopic (exact) mass is 171 g/mol. The van der Waals surface area contributed by atoms with Crippen molar-refractivity contribution in [2.24, 2.45) is 5.11 Å². The molecule has 0 unspecified atom stereocenters. The third kappa shape index (κ3) is 1.40. The third-order valence-electron chi connectivity index (χ3n) is 1.65. The minimum Gasteiger partial charge on any atom is -0.244 e. The number of aromatic nitrogens is 2. The summed E-state index contributed by atoms with van der Waals surface area (Å²) in [5, 5.41) is 4.35. The molecule has 0 amide bonds. The Morgan fingerprint density at radius 3 is 3.15 bits per heavy atom. The second-order valence-corrected chi connectivity index (χ2v) is 2.46. The topological polar surface area (TPSA) is 74.5 Å². The van der Waals surface area contributed by atoms with Gasteiger partial charge in [0.15, 0.2) is 0 Å². The zero-order valence-electron chi connectivity index (χ0n) is 6.62. The molecule has 1 aromatic heterocycles. The van der Waals surface area contributed by atoms with Crippen molar-refractivity contribution < 1.29 is 0 Å². The van der Waals surface area contributed by atoms with E-state index in [1.54, 1.807) is 24.4 Å². The highest BCUT2D eigenvalue weighted by Gasteiger charge is 1.94. The number of hydrogen-bond donors (Lipinski definition) is 0. The first-order valence-electron chi connectivity index (χ1n) is 3.65. The first kappa shape index (κ1) is 7.52. The standard InChI is InChI=1S/C8H5N5/c9-13-12-7-1-2-8-6(3-7)4-10-5-11-8/h1-5H. The fraction of sp³-hybridized carbons (Fsp3) is 0. The minimum atomic E-state index is 0.574. The second kappa shape index (κ2) is 3.08. The van der Waals surface area contributed by atoms with E-state index in [2.05, 4.69) is 20.0 Å². The fourth-order valence-electron chi connectivity index (χ4n) is 1.09. The van der Waals surface area contributed by atoms with Gasteiger partial charge in [0, 0.05) is 22.2 Å². The van der Waals surface area contributed by atoms with E-state index in [9.17, 15) is 0 Å². The lowest BCUT2D eigenvalue weighted by molar-refractivity contribution is 1.22. The summed E-state index contributed by atoms with van der Waals surface area (Å²) in [5.74, 6) is 0. The van der Waals surface area contributed by atoms with Gasteiger partial charge >= 0.3 is 0 Å². The molecule has 0 aliphatic carbocycles. The van der Waals surface area contributed by atoms with E-state index in [0.29, 0.717) is 5.69 Å². The van der Waals surface area contributed by atoms with Crippen LogP contribution in [0.2, 0.25) is 0 Å². The summed E-state index contributed by atoms with van der Waals surface area (Å²) >= 11 is 0. The fourth-order valence-corrected chi connectivity index (χ4v) is 1.09. The Bertz CT molecular complexity index is 487. The van der Waals surface area contributed by atoms with Gasteiger partial charge in [-0.1, -0.05) is 11.2 Å². The SMILES string of the molecule is [N-]=[N+]=Nc1ccc2ncncc2c1. The Morgan fingerprint density at radius 1 is 1.38 bits per heavy atom. The summed E-state index contributed by atoms with van der Waals surface area (Å²) < 4.78 is 0. The van der Waals surface area contributed by atoms with Gasteiger partial charge in [0.25, 0.3) is 0 Å². The average molecular weight is 171 g/mol. The van der Waals surface area contributed by atoms with E-state index in [0.717, 1.165) is 10.9 Å². The number of hydrogen-bond acceptors (Lipinski definition) is 3. The van der Waals surface area contributed by atoms with Crippen molar-refractivity contribution in [2.45, 2.75) is 0 Å². The zero-order valence-corrected chi connectivity index (χ0v) is 6.62. The van der Waals surface area contributed by atoms with E-state index in [1.165, 1.54) is 6.33 Å². The summed E-state index contributed by atoms with van der Waals surface area (Å²) in [5.41, 5.74) is 9.63. The summed E-state index contributed by atoms with van der Waals surface area (Å²) in [6, 6.07) is 5.26. The molecule has 5 heteroatoms. The maximum Gasteiger partial charge on any atom is 0.116 e. The van der Waals surface area contributed by atoms with Crippen LogP contribution in [0.1, 0.15) is 0 Å². The highest BCUT2D eigenvalue weighted by molar-refractivity contribution is 5.80. The molecule has 1 heterocycles. The first-order valence-corrected chi connectivity index (χ1v) is 3.65. The smallest absolute Gasteiger partial charge is 0.116 e. The van der Waals surface area contributed by atoms with Crippen LogP contribution in [0.3, 0.4) is 0 Å². The van der Waals surface area contributed by atoms with Gasteiger partial charge in [-0.25, -0.2) is 9.97 Å². The molecule has 2 rings (SSSR count). The molecule has 0 bridgehead atoms. The molecule has 0 spiro atoms. The van der Waals surface area contributed by atoms with E-state index < -0.39 is 0 Å². The Balaban J connectivity index is 2.68. The molecule has 0 atom stereocenters. The van der Waals surface area contributed by atoms with E-state index >= 15 is 0 Å². The van der Waals surface area contributed by atoms with Crippen LogP contribution < -0.4 is 0 Å². The van der Waals surface area contributed by atoms with Gasteiger partial charge in [0.05, 0.1) is 5.52 Å². The molecule has 0 radical (unpaired) electrons. The summed E-state index contributed by atoms with van der Waals surface area (Å²) in [6.45, 7) is 0. The zero-order chi connectivity index (χ0) is 9.10. The van der Waals surface area contributed by atoms with Gasteiger partial charge in [0.1, 0.15) is 6.33 Å². The molecule has 1 aromatic carbocycles. The van der Waals surface area contributed by atoms with E-state index in [4.69, 9.17) is 5.53 Å². The number of nitrogens with zero attached hydrogens (tertiary/aromatic N) is 5.